The number of carbonyl (C=O) groups is 1. The summed E-state index contributed by atoms with van der Waals surface area (Å²) in [6.07, 6.45) is 7.15. The van der Waals surface area contributed by atoms with Crippen molar-refractivity contribution in [3.63, 3.8) is 0 Å². The lowest BCUT2D eigenvalue weighted by molar-refractivity contribution is 0.191. The summed E-state index contributed by atoms with van der Waals surface area (Å²) in [5.74, 6) is 0. The summed E-state index contributed by atoms with van der Waals surface area (Å²) in [7, 11) is 1.79. The molecule has 0 saturated heterocycles. The van der Waals surface area contributed by atoms with Crippen molar-refractivity contribution < 1.29 is 4.79 Å². The molecule has 1 N–H and O–H groups in total. The Balaban J connectivity index is 1.63. The first-order valence-corrected chi connectivity index (χ1v) is 8.59. The van der Waals surface area contributed by atoms with Crippen LogP contribution < -0.4 is 5.32 Å². The van der Waals surface area contributed by atoms with Gasteiger partial charge in [0.1, 0.15) is 0 Å². The Morgan fingerprint density at radius 3 is 2.46 bits per heavy atom. The number of hydrogen-bond acceptors (Lipinski definition) is 3. The van der Waals surface area contributed by atoms with Crippen LogP contribution in [0.3, 0.4) is 0 Å². The zero-order chi connectivity index (χ0) is 18.5. The average Bonchev–Trinajstić information content (AvgIpc) is 3.22. The fraction of sp³-hybridized carbons (Fsp3) is 0.250. The van der Waals surface area contributed by atoms with Crippen LogP contribution in [0.1, 0.15) is 37.1 Å². The van der Waals surface area contributed by atoms with Crippen LogP contribution in [0.15, 0.2) is 67.3 Å². The maximum absolute atomic E-state index is 12.6. The summed E-state index contributed by atoms with van der Waals surface area (Å²) in [5, 5.41) is 7.26. The normalized spacial score (nSPS) is 13.0. The highest BCUT2D eigenvalue weighted by Gasteiger charge is 2.19. The predicted molar refractivity (Wildman–Crippen MR) is 101 cm³/mol. The monoisotopic (exact) mass is 349 g/mol. The van der Waals surface area contributed by atoms with E-state index >= 15 is 0 Å². The van der Waals surface area contributed by atoms with Crippen LogP contribution >= 0.6 is 0 Å². The van der Waals surface area contributed by atoms with E-state index in [9.17, 15) is 4.79 Å². The van der Waals surface area contributed by atoms with Gasteiger partial charge in [0.25, 0.3) is 0 Å². The topological polar surface area (TPSA) is 63.1 Å². The van der Waals surface area contributed by atoms with Crippen molar-refractivity contribution in [3.05, 3.63) is 78.4 Å². The standard InChI is InChI=1S/C20H23N5O/c1-15(17-7-9-19(10-8-17)25-13-5-12-22-25)23-20(26)24(3)16(2)18-6-4-11-21-14-18/h4-16H,1-3H3,(H,23,26)/t15-,16-/m1/s1. The van der Waals surface area contributed by atoms with Crippen LogP contribution in [0.5, 0.6) is 0 Å². The van der Waals surface area contributed by atoms with Crippen LogP contribution in [0.25, 0.3) is 5.69 Å². The fourth-order valence-electron chi connectivity index (χ4n) is 2.73. The van der Waals surface area contributed by atoms with E-state index in [4.69, 9.17) is 0 Å². The minimum absolute atomic E-state index is 0.0573. The van der Waals surface area contributed by atoms with Crippen molar-refractivity contribution in [1.82, 2.24) is 25.0 Å². The lowest BCUT2D eigenvalue weighted by atomic mass is 10.1. The molecule has 2 atom stereocenters. The SMILES string of the molecule is C[C@H](c1cccnc1)N(C)C(=O)N[C@H](C)c1ccc(-n2cccn2)cc1. The van der Waals surface area contributed by atoms with Crippen molar-refractivity contribution in [1.29, 1.82) is 0 Å². The van der Waals surface area contributed by atoms with Crippen LogP contribution in [0, 0.1) is 0 Å². The van der Waals surface area contributed by atoms with Crippen molar-refractivity contribution in [2.24, 2.45) is 0 Å². The van der Waals surface area contributed by atoms with Gasteiger partial charge >= 0.3 is 6.03 Å². The first-order valence-electron chi connectivity index (χ1n) is 8.59. The van der Waals surface area contributed by atoms with Gasteiger partial charge in [-0.05, 0) is 49.2 Å². The Hall–Kier alpha value is -3.15. The van der Waals surface area contributed by atoms with E-state index in [2.05, 4.69) is 15.4 Å². The van der Waals surface area contributed by atoms with E-state index in [1.54, 1.807) is 35.2 Å². The number of urea groups is 1. The maximum atomic E-state index is 12.6. The number of carbonyl (C=O) groups excluding carboxylic acids is 1. The number of pyridine rings is 1. The van der Waals surface area contributed by atoms with E-state index in [-0.39, 0.29) is 18.1 Å². The third-order valence-corrected chi connectivity index (χ3v) is 4.57. The molecule has 0 radical (unpaired) electrons. The molecule has 0 fully saturated rings. The zero-order valence-electron chi connectivity index (χ0n) is 15.2. The molecule has 2 amide bonds. The molecule has 0 aliphatic rings. The molecule has 0 aliphatic carbocycles. The van der Waals surface area contributed by atoms with Crippen molar-refractivity contribution in [2.75, 3.05) is 7.05 Å². The summed E-state index contributed by atoms with van der Waals surface area (Å²) < 4.78 is 1.80. The quantitative estimate of drug-likeness (QED) is 0.763. The van der Waals surface area contributed by atoms with Gasteiger partial charge in [-0.1, -0.05) is 18.2 Å². The summed E-state index contributed by atoms with van der Waals surface area (Å²) in [6, 6.07) is 13.5. The lowest BCUT2D eigenvalue weighted by Gasteiger charge is -2.27. The highest BCUT2D eigenvalue weighted by molar-refractivity contribution is 5.75. The van der Waals surface area contributed by atoms with Crippen LogP contribution in [0.2, 0.25) is 0 Å². The molecule has 0 spiro atoms. The first-order chi connectivity index (χ1) is 12.6. The van der Waals surface area contributed by atoms with E-state index in [0.29, 0.717) is 0 Å². The molecule has 2 aromatic heterocycles. The summed E-state index contributed by atoms with van der Waals surface area (Å²) in [4.78, 5) is 18.4. The number of nitrogens with zero attached hydrogens (tertiary/aromatic N) is 4. The molecule has 6 heteroatoms. The van der Waals surface area contributed by atoms with E-state index in [0.717, 1.165) is 16.8 Å². The second-order valence-corrected chi connectivity index (χ2v) is 6.29. The molecule has 6 nitrogen and oxygen atoms in total. The summed E-state index contributed by atoms with van der Waals surface area (Å²) >= 11 is 0. The lowest BCUT2D eigenvalue weighted by Crippen LogP contribution is -2.39. The van der Waals surface area contributed by atoms with Gasteiger partial charge in [0, 0.05) is 31.8 Å². The van der Waals surface area contributed by atoms with Crippen LogP contribution in [-0.4, -0.2) is 32.7 Å². The third-order valence-electron chi connectivity index (χ3n) is 4.57. The van der Waals surface area contributed by atoms with Gasteiger partial charge < -0.3 is 10.2 Å². The van der Waals surface area contributed by atoms with E-state index < -0.39 is 0 Å². The minimum Gasteiger partial charge on any atom is -0.331 e. The molecule has 134 valence electrons. The summed E-state index contributed by atoms with van der Waals surface area (Å²) in [5.41, 5.74) is 3.03. The molecule has 0 bridgehead atoms. The number of aromatic nitrogens is 3. The highest BCUT2D eigenvalue weighted by atomic mass is 16.2. The van der Waals surface area contributed by atoms with E-state index in [1.807, 2.05) is 62.5 Å². The van der Waals surface area contributed by atoms with Crippen molar-refractivity contribution in [2.45, 2.75) is 25.9 Å². The molecular weight excluding hydrogens is 326 g/mol. The van der Waals surface area contributed by atoms with E-state index in [1.165, 1.54) is 0 Å². The van der Waals surface area contributed by atoms with Gasteiger partial charge in [-0.3, -0.25) is 4.98 Å². The smallest absolute Gasteiger partial charge is 0.318 e. The van der Waals surface area contributed by atoms with Crippen LogP contribution in [-0.2, 0) is 0 Å². The fourth-order valence-corrected chi connectivity index (χ4v) is 2.73. The van der Waals surface area contributed by atoms with Gasteiger partial charge in [-0.15, -0.1) is 0 Å². The number of benzene rings is 1. The molecule has 2 heterocycles. The minimum atomic E-state index is -0.120. The van der Waals surface area contributed by atoms with Gasteiger partial charge in [0.2, 0.25) is 0 Å². The molecular formula is C20H23N5O. The predicted octanol–water partition coefficient (Wildman–Crippen LogP) is 3.73. The molecule has 0 unspecified atom stereocenters. The van der Waals surface area contributed by atoms with Gasteiger partial charge in [-0.2, -0.15) is 5.10 Å². The summed E-state index contributed by atoms with van der Waals surface area (Å²) in [6.45, 7) is 3.96. The largest absolute Gasteiger partial charge is 0.331 e. The Kier molecular flexibility index (Phi) is 5.31. The second-order valence-electron chi connectivity index (χ2n) is 6.29. The Bertz CT molecular complexity index is 830. The molecule has 3 aromatic rings. The highest BCUT2D eigenvalue weighted by Crippen LogP contribution is 2.19. The molecule has 1 aromatic carbocycles. The van der Waals surface area contributed by atoms with Crippen molar-refractivity contribution in [3.8, 4) is 5.69 Å². The van der Waals surface area contributed by atoms with Crippen molar-refractivity contribution >= 4 is 6.03 Å². The van der Waals surface area contributed by atoms with Crippen LogP contribution in [0.4, 0.5) is 4.79 Å². The van der Waals surface area contributed by atoms with Gasteiger partial charge in [0.15, 0.2) is 0 Å². The zero-order valence-corrected chi connectivity index (χ0v) is 15.2. The second kappa shape index (κ2) is 7.82. The number of nitrogens with one attached hydrogen (secondary N) is 1. The average molecular weight is 349 g/mol. The Morgan fingerprint density at radius 2 is 1.85 bits per heavy atom. The third kappa shape index (κ3) is 3.91. The number of rotatable bonds is 5. The Morgan fingerprint density at radius 1 is 1.08 bits per heavy atom. The number of hydrogen-bond donors (Lipinski definition) is 1. The molecule has 0 aliphatic heterocycles. The molecule has 26 heavy (non-hydrogen) atoms. The van der Waals surface area contributed by atoms with Gasteiger partial charge in [-0.25, -0.2) is 9.48 Å². The molecule has 0 saturated carbocycles. The van der Waals surface area contributed by atoms with Gasteiger partial charge in [0.05, 0.1) is 17.8 Å². The maximum Gasteiger partial charge on any atom is 0.318 e. The first kappa shape index (κ1) is 17.7. The number of amides is 2. The molecule has 3 rings (SSSR count). The Labute approximate surface area is 153 Å².